The van der Waals surface area contributed by atoms with Crippen LogP contribution in [-0.4, -0.2) is 27.9 Å². The van der Waals surface area contributed by atoms with Crippen molar-refractivity contribution in [1.29, 1.82) is 0 Å². The zero-order valence-corrected chi connectivity index (χ0v) is 24.6. The van der Waals surface area contributed by atoms with Crippen LogP contribution in [0.15, 0.2) is 97.1 Å². The molecule has 45 heavy (non-hydrogen) atoms. The predicted octanol–water partition coefficient (Wildman–Crippen LogP) is 7.04. The Kier molecular flexibility index (Phi) is 10.1. The molecular weight excluding hydrogens is 650 g/mol. The Morgan fingerprint density at radius 3 is 1.18 bits per heavy atom. The van der Waals surface area contributed by atoms with Gasteiger partial charge in [0.1, 0.15) is 11.5 Å². The molecule has 7 nitrogen and oxygen atoms in total. The molecular formula is C30H24F6O7S2. The highest BCUT2D eigenvalue weighted by molar-refractivity contribution is 7.88. The van der Waals surface area contributed by atoms with E-state index in [9.17, 15) is 43.2 Å². The van der Waals surface area contributed by atoms with Crippen LogP contribution in [0.25, 0.3) is 0 Å². The quantitative estimate of drug-likeness (QED) is 0.0904. The van der Waals surface area contributed by atoms with Crippen LogP contribution in [0, 0.1) is 0 Å². The van der Waals surface area contributed by atoms with E-state index in [4.69, 9.17) is 4.74 Å². The topological polar surface area (TPSA) is 96.0 Å². The second-order valence-corrected chi connectivity index (χ2v) is 12.7. The fraction of sp³-hybridized carbons (Fsp3) is 0.200. The molecule has 0 radical (unpaired) electrons. The molecule has 0 spiro atoms. The third-order valence-electron chi connectivity index (χ3n) is 6.23. The summed E-state index contributed by atoms with van der Waals surface area (Å²) in [5, 5.41) is 0. The Labute approximate surface area is 255 Å². The van der Waals surface area contributed by atoms with Gasteiger partial charge in [-0.25, -0.2) is 0 Å². The van der Waals surface area contributed by atoms with Gasteiger partial charge in [0.15, 0.2) is 0 Å². The van der Waals surface area contributed by atoms with Crippen LogP contribution in [0.1, 0.15) is 33.4 Å². The van der Waals surface area contributed by atoms with Gasteiger partial charge in [-0.3, -0.25) is 0 Å². The lowest BCUT2D eigenvalue weighted by atomic mass is 10.0. The molecule has 0 saturated heterocycles. The van der Waals surface area contributed by atoms with E-state index in [1.165, 1.54) is 24.3 Å². The molecule has 0 saturated carbocycles. The molecule has 0 bridgehead atoms. The van der Waals surface area contributed by atoms with Crippen molar-refractivity contribution in [2.45, 2.75) is 37.1 Å². The Balaban J connectivity index is 1.54. The number of ether oxygens (including phenoxy) is 1. The van der Waals surface area contributed by atoms with Crippen LogP contribution in [0.4, 0.5) is 26.3 Å². The van der Waals surface area contributed by atoms with Gasteiger partial charge in [-0.05, 0) is 46.5 Å². The van der Waals surface area contributed by atoms with Crippen molar-refractivity contribution in [3.63, 3.8) is 0 Å². The zero-order valence-electron chi connectivity index (χ0n) is 23.0. The summed E-state index contributed by atoms with van der Waals surface area (Å²) in [6.07, 6.45) is 0.0884. The molecule has 0 aromatic heterocycles. The minimum Gasteiger partial charge on any atom is -0.376 e. The lowest BCUT2D eigenvalue weighted by Crippen LogP contribution is -2.28. The van der Waals surface area contributed by atoms with Gasteiger partial charge < -0.3 is 13.1 Å². The molecule has 0 aliphatic rings. The normalized spacial score (nSPS) is 12.6. The van der Waals surface area contributed by atoms with Crippen molar-refractivity contribution in [3.05, 3.63) is 130 Å². The molecule has 4 rings (SSSR count). The average molecular weight is 675 g/mol. The summed E-state index contributed by atoms with van der Waals surface area (Å²) in [5.41, 5.74) is -8.71. The summed E-state index contributed by atoms with van der Waals surface area (Å²) in [7, 11) is -11.8. The van der Waals surface area contributed by atoms with E-state index in [0.717, 1.165) is 12.1 Å². The van der Waals surface area contributed by atoms with Crippen molar-refractivity contribution in [2.24, 2.45) is 0 Å². The molecule has 0 atom stereocenters. The van der Waals surface area contributed by atoms with E-state index in [1.54, 1.807) is 60.7 Å². The van der Waals surface area contributed by atoms with Crippen molar-refractivity contribution in [2.75, 3.05) is 0 Å². The number of halogens is 6. The smallest absolute Gasteiger partial charge is 0.376 e. The summed E-state index contributed by atoms with van der Waals surface area (Å²) >= 11 is 0. The van der Waals surface area contributed by atoms with Crippen molar-refractivity contribution < 1.29 is 56.3 Å². The number of hydrogen-bond donors (Lipinski definition) is 0. The van der Waals surface area contributed by atoms with Crippen LogP contribution in [-0.2, 0) is 51.0 Å². The monoisotopic (exact) mass is 674 g/mol. The molecule has 0 N–H and O–H groups in total. The van der Waals surface area contributed by atoms with E-state index >= 15 is 0 Å². The van der Waals surface area contributed by atoms with E-state index in [-0.39, 0.29) is 37.2 Å². The Bertz CT molecular complexity index is 1690. The SMILES string of the molecule is O=S(=O)(Oc1ccc(COCc2ccc(OS(=O)(=O)C(F)(F)F)c(Cc3ccccc3)c2)cc1Cc1ccccc1)C(F)(F)F. The summed E-state index contributed by atoms with van der Waals surface area (Å²) in [5.74, 6) is -1.01. The average Bonchev–Trinajstić information content (AvgIpc) is 2.95. The molecule has 0 heterocycles. The van der Waals surface area contributed by atoms with E-state index < -0.39 is 42.8 Å². The number of rotatable bonds is 12. The first-order valence-corrected chi connectivity index (χ1v) is 15.8. The lowest BCUT2D eigenvalue weighted by molar-refractivity contribution is -0.0505. The molecule has 4 aromatic carbocycles. The second kappa shape index (κ2) is 13.5. The van der Waals surface area contributed by atoms with Crippen molar-refractivity contribution >= 4 is 20.2 Å². The van der Waals surface area contributed by atoms with Crippen molar-refractivity contribution in [3.8, 4) is 11.5 Å². The highest BCUT2D eigenvalue weighted by Gasteiger charge is 2.49. The Hall–Kier alpha value is -4.08. The van der Waals surface area contributed by atoms with Crippen LogP contribution in [0.3, 0.4) is 0 Å². The molecule has 0 aliphatic heterocycles. The Morgan fingerprint density at radius 1 is 0.489 bits per heavy atom. The largest absolute Gasteiger partial charge is 0.534 e. The maximum atomic E-state index is 13.0. The standard InChI is InChI=1S/C30H24F6O7S2/c31-29(32,33)44(37,38)42-27-13-11-23(17-25(27)15-21-7-3-1-4-8-21)19-41-20-24-12-14-28(43-45(39,40)30(34,35)36)26(18-24)16-22-9-5-2-6-10-22/h1-14,17-18H,15-16,19-20H2. The molecule has 0 amide bonds. The van der Waals surface area contributed by atoms with Gasteiger partial charge in [0.25, 0.3) is 0 Å². The summed E-state index contributed by atoms with van der Waals surface area (Å²) in [6.45, 7) is -0.189. The van der Waals surface area contributed by atoms with E-state index in [0.29, 0.717) is 22.3 Å². The molecule has 0 unspecified atom stereocenters. The fourth-order valence-corrected chi connectivity index (χ4v) is 5.12. The van der Waals surface area contributed by atoms with E-state index in [2.05, 4.69) is 8.37 Å². The number of benzene rings is 4. The molecule has 240 valence electrons. The molecule has 0 fully saturated rings. The Morgan fingerprint density at radius 2 is 0.844 bits per heavy atom. The van der Waals surface area contributed by atoms with Gasteiger partial charge in [-0.1, -0.05) is 72.8 Å². The molecule has 15 heteroatoms. The minimum atomic E-state index is -5.92. The van der Waals surface area contributed by atoms with Crippen LogP contribution >= 0.6 is 0 Å². The van der Waals surface area contributed by atoms with Crippen LogP contribution < -0.4 is 8.37 Å². The van der Waals surface area contributed by atoms with Gasteiger partial charge in [-0.15, -0.1) is 0 Å². The first kappa shape index (κ1) is 33.8. The second-order valence-electron chi connectivity index (χ2n) is 9.67. The highest BCUT2D eigenvalue weighted by Crippen LogP contribution is 2.33. The van der Waals surface area contributed by atoms with Crippen LogP contribution in [0.5, 0.6) is 11.5 Å². The predicted molar refractivity (Wildman–Crippen MR) is 151 cm³/mol. The first-order chi connectivity index (χ1) is 21.0. The summed E-state index contributed by atoms with van der Waals surface area (Å²) in [4.78, 5) is 0. The zero-order chi connectivity index (χ0) is 32.9. The first-order valence-electron chi connectivity index (χ1n) is 12.9. The third kappa shape index (κ3) is 8.99. The van der Waals surface area contributed by atoms with Gasteiger partial charge in [-0.2, -0.15) is 43.2 Å². The highest BCUT2D eigenvalue weighted by atomic mass is 32.2. The third-order valence-corrected chi connectivity index (χ3v) is 8.16. The van der Waals surface area contributed by atoms with Gasteiger partial charge in [0.2, 0.25) is 0 Å². The van der Waals surface area contributed by atoms with Gasteiger partial charge in [0.05, 0.1) is 13.2 Å². The van der Waals surface area contributed by atoms with Gasteiger partial charge >= 0.3 is 31.3 Å². The number of alkyl halides is 6. The van der Waals surface area contributed by atoms with Crippen molar-refractivity contribution in [1.82, 2.24) is 0 Å². The lowest BCUT2D eigenvalue weighted by Gasteiger charge is -2.16. The molecule has 4 aromatic rings. The minimum absolute atomic E-state index is 0.0442. The number of hydrogen-bond acceptors (Lipinski definition) is 7. The van der Waals surface area contributed by atoms with Gasteiger partial charge in [0, 0.05) is 24.0 Å². The van der Waals surface area contributed by atoms with E-state index in [1.807, 2.05) is 0 Å². The summed E-state index contributed by atoms with van der Waals surface area (Å²) < 4.78 is 139. The maximum Gasteiger partial charge on any atom is 0.534 e. The fourth-order valence-electron chi connectivity index (χ4n) is 4.13. The van der Waals surface area contributed by atoms with Crippen LogP contribution in [0.2, 0.25) is 0 Å². The molecule has 0 aliphatic carbocycles. The summed E-state index contributed by atoms with van der Waals surface area (Å²) in [6, 6.07) is 24.8. The maximum absolute atomic E-state index is 13.0.